The Morgan fingerprint density at radius 2 is 1.86 bits per heavy atom. The molecular weight excluding hydrogens is 484 g/mol. The lowest BCUT2D eigenvalue weighted by molar-refractivity contribution is -0.189. The Kier molecular flexibility index (Phi) is 7.44. The molecule has 3 atom stereocenters. The Bertz CT molecular complexity index is 1260. The number of aromatic hydroxyl groups is 1. The van der Waals surface area contributed by atoms with Gasteiger partial charge >= 0.3 is 23.9 Å². The Labute approximate surface area is 203 Å². The Hall–Kier alpha value is -3.54. The lowest BCUT2D eigenvalue weighted by Crippen LogP contribution is -2.55. The highest BCUT2D eigenvalue weighted by Crippen LogP contribution is 2.46. The normalized spacial score (nSPS) is 17.1. The molecule has 1 aliphatic heterocycles. The van der Waals surface area contributed by atoms with E-state index in [1.807, 2.05) is 0 Å². The fraction of sp³-hybridized carbons (Fsp3) is 0.435. The number of ether oxygens (including phenoxy) is 4. The number of carbonyl (C=O) groups is 4. The highest BCUT2D eigenvalue weighted by atomic mass is 32.2. The molecule has 0 saturated carbocycles. The van der Waals surface area contributed by atoms with E-state index in [-0.39, 0.29) is 33.8 Å². The maximum Gasteiger partial charge on any atom is 0.351 e. The SMILES string of the molecule is COC(=O)[C@@H](C[C@@](OC(C)=O)(C(=O)OC)[C@@H]1Cc2c(oc3cc(C)cc(O)c3c2=O)S1)OC(C)=O. The number of phenols is 1. The predicted molar refractivity (Wildman–Crippen MR) is 121 cm³/mol. The van der Waals surface area contributed by atoms with Crippen molar-refractivity contribution in [2.75, 3.05) is 14.2 Å². The minimum absolute atomic E-state index is 0.0286. The van der Waals surface area contributed by atoms with Gasteiger partial charge in [-0.15, -0.1) is 0 Å². The molecule has 0 radical (unpaired) electrons. The molecule has 0 bridgehead atoms. The van der Waals surface area contributed by atoms with Crippen molar-refractivity contribution in [3.05, 3.63) is 33.5 Å². The summed E-state index contributed by atoms with van der Waals surface area (Å²) in [5.74, 6) is -3.99. The maximum atomic E-state index is 13.2. The molecular formula is C23H24O11S. The van der Waals surface area contributed by atoms with Crippen LogP contribution in [-0.4, -0.2) is 60.2 Å². The molecule has 0 saturated heterocycles. The number of hydrogen-bond donors (Lipinski definition) is 1. The third-order valence-corrected chi connectivity index (χ3v) is 6.83. The highest BCUT2D eigenvalue weighted by Gasteiger charge is 2.56. The minimum Gasteiger partial charge on any atom is -0.507 e. The van der Waals surface area contributed by atoms with E-state index in [1.165, 1.54) is 6.07 Å². The third kappa shape index (κ3) is 4.97. The topological polar surface area (TPSA) is 156 Å². The average Bonchev–Trinajstić information content (AvgIpc) is 3.20. The summed E-state index contributed by atoms with van der Waals surface area (Å²) in [6.07, 6.45) is -2.38. The summed E-state index contributed by atoms with van der Waals surface area (Å²) in [6.45, 7) is 3.83. The van der Waals surface area contributed by atoms with Gasteiger partial charge in [0.05, 0.1) is 25.0 Å². The fourth-order valence-electron chi connectivity index (χ4n) is 4.04. The van der Waals surface area contributed by atoms with E-state index in [4.69, 9.17) is 18.6 Å². The summed E-state index contributed by atoms with van der Waals surface area (Å²) >= 11 is 0.931. The summed E-state index contributed by atoms with van der Waals surface area (Å²) in [5, 5.41) is 9.43. The van der Waals surface area contributed by atoms with Crippen LogP contribution in [0.25, 0.3) is 11.0 Å². The molecule has 0 spiro atoms. The number of carbonyl (C=O) groups excluding carboxylic acids is 4. The molecule has 2 heterocycles. The van der Waals surface area contributed by atoms with E-state index in [2.05, 4.69) is 4.74 Å². The summed E-state index contributed by atoms with van der Waals surface area (Å²) in [4.78, 5) is 62.4. The lowest BCUT2D eigenvalue weighted by atomic mass is 9.88. The van der Waals surface area contributed by atoms with Crippen molar-refractivity contribution in [1.82, 2.24) is 0 Å². The van der Waals surface area contributed by atoms with Crippen molar-refractivity contribution in [2.45, 2.75) is 55.7 Å². The summed E-state index contributed by atoms with van der Waals surface area (Å²) in [6, 6.07) is 3.00. The minimum atomic E-state index is -2.16. The number of hydrogen-bond acceptors (Lipinski definition) is 12. The van der Waals surface area contributed by atoms with E-state index in [9.17, 15) is 29.1 Å². The van der Waals surface area contributed by atoms with Crippen LogP contribution in [0.5, 0.6) is 5.75 Å². The molecule has 3 rings (SSSR count). The zero-order chi connectivity index (χ0) is 26.1. The van der Waals surface area contributed by atoms with E-state index in [1.54, 1.807) is 13.0 Å². The molecule has 1 aliphatic rings. The number of phenolic OH excluding ortho intramolecular Hbond substituents is 1. The van der Waals surface area contributed by atoms with Gasteiger partial charge in [0.15, 0.2) is 5.09 Å². The number of aryl methyl sites for hydroxylation is 1. The highest BCUT2D eigenvalue weighted by molar-refractivity contribution is 8.00. The van der Waals surface area contributed by atoms with Crippen LogP contribution in [0.1, 0.15) is 31.4 Å². The molecule has 0 unspecified atom stereocenters. The van der Waals surface area contributed by atoms with Crippen molar-refractivity contribution >= 4 is 46.6 Å². The van der Waals surface area contributed by atoms with Crippen molar-refractivity contribution < 1.29 is 47.6 Å². The number of methoxy groups -OCH3 is 2. The van der Waals surface area contributed by atoms with Gasteiger partial charge in [0.1, 0.15) is 16.7 Å². The number of benzene rings is 1. The Morgan fingerprint density at radius 1 is 1.17 bits per heavy atom. The molecule has 1 aromatic heterocycles. The second kappa shape index (κ2) is 9.98. The van der Waals surface area contributed by atoms with Crippen LogP contribution in [0.15, 0.2) is 26.4 Å². The zero-order valence-corrected chi connectivity index (χ0v) is 20.5. The first-order chi connectivity index (χ1) is 16.4. The molecule has 0 fully saturated rings. The smallest absolute Gasteiger partial charge is 0.351 e. The van der Waals surface area contributed by atoms with Gasteiger partial charge in [-0.1, -0.05) is 11.8 Å². The van der Waals surface area contributed by atoms with Gasteiger partial charge < -0.3 is 28.5 Å². The van der Waals surface area contributed by atoms with Crippen LogP contribution in [0, 0.1) is 6.92 Å². The Balaban J connectivity index is 2.15. The molecule has 1 N–H and O–H groups in total. The van der Waals surface area contributed by atoms with Gasteiger partial charge in [-0.05, 0) is 31.0 Å². The molecule has 11 nitrogen and oxygen atoms in total. The largest absolute Gasteiger partial charge is 0.507 e. The number of esters is 4. The van der Waals surface area contributed by atoms with Gasteiger partial charge in [-0.2, -0.15) is 0 Å². The Morgan fingerprint density at radius 3 is 2.43 bits per heavy atom. The van der Waals surface area contributed by atoms with E-state index >= 15 is 0 Å². The number of fused-ring (bicyclic) bond motifs is 2. The average molecular weight is 509 g/mol. The molecule has 12 heteroatoms. The monoisotopic (exact) mass is 508 g/mol. The summed E-state index contributed by atoms with van der Waals surface area (Å²) in [7, 11) is 2.12. The standard InChI is InChI=1S/C23H24O11S/c1-10-6-14(26)18-15(7-10)33-21-13(19(18)27)8-17(35-21)23(22(29)31-5,34-12(3)25)9-16(20(28)30-4)32-11(2)24/h6-7,16-17,26H,8-9H2,1-5H3/t16-,17+,23+/m1/s1. The van der Waals surface area contributed by atoms with Crippen molar-refractivity contribution in [3.63, 3.8) is 0 Å². The number of rotatable bonds is 7. The zero-order valence-electron chi connectivity index (χ0n) is 19.7. The molecule has 0 aliphatic carbocycles. The second-order valence-corrected chi connectivity index (χ2v) is 9.14. The van der Waals surface area contributed by atoms with Crippen LogP contribution >= 0.6 is 11.8 Å². The quantitative estimate of drug-likeness (QED) is 0.428. The first-order valence-electron chi connectivity index (χ1n) is 10.4. The van der Waals surface area contributed by atoms with Crippen LogP contribution < -0.4 is 5.43 Å². The molecule has 188 valence electrons. The van der Waals surface area contributed by atoms with Crippen LogP contribution in [0.4, 0.5) is 0 Å². The van der Waals surface area contributed by atoms with Gasteiger partial charge in [0, 0.05) is 20.3 Å². The molecule has 35 heavy (non-hydrogen) atoms. The van der Waals surface area contributed by atoms with Gasteiger partial charge in [-0.3, -0.25) is 14.4 Å². The van der Waals surface area contributed by atoms with Crippen molar-refractivity contribution in [3.8, 4) is 5.75 Å². The third-order valence-electron chi connectivity index (χ3n) is 5.45. The van der Waals surface area contributed by atoms with Gasteiger partial charge in [0.2, 0.25) is 17.1 Å². The number of thioether (sulfide) groups is 1. The molecule has 0 amide bonds. The van der Waals surface area contributed by atoms with E-state index in [0.29, 0.717) is 5.56 Å². The summed E-state index contributed by atoms with van der Waals surface area (Å²) < 4.78 is 26.0. The van der Waals surface area contributed by atoms with E-state index in [0.717, 1.165) is 39.8 Å². The lowest BCUT2D eigenvalue weighted by Gasteiger charge is -2.36. The van der Waals surface area contributed by atoms with Crippen LogP contribution in [0.3, 0.4) is 0 Å². The first kappa shape index (κ1) is 26.1. The van der Waals surface area contributed by atoms with Gasteiger partial charge in [0.25, 0.3) is 0 Å². The van der Waals surface area contributed by atoms with E-state index < -0.39 is 52.7 Å². The second-order valence-electron chi connectivity index (χ2n) is 7.97. The van der Waals surface area contributed by atoms with Crippen LogP contribution in [0.2, 0.25) is 0 Å². The van der Waals surface area contributed by atoms with Crippen molar-refractivity contribution in [2.24, 2.45) is 0 Å². The predicted octanol–water partition coefficient (Wildman–Crippen LogP) is 1.79. The van der Waals surface area contributed by atoms with Crippen molar-refractivity contribution in [1.29, 1.82) is 0 Å². The van der Waals surface area contributed by atoms with Gasteiger partial charge in [-0.25, -0.2) is 9.59 Å². The summed E-state index contributed by atoms with van der Waals surface area (Å²) in [5.41, 5.74) is -1.73. The fourth-order valence-corrected chi connectivity index (χ4v) is 5.44. The van der Waals surface area contributed by atoms with Crippen LogP contribution in [-0.2, 0) is 44.5 Å². The maximum absolute atomic E-state index is 13.2. The first-order valence-corrected chi connectivity index (χ1v) is 11.3. The molecule has 1 aromatic carbocycles. The molecule has 2 aromatic rings.